The van der Waals surface area contributed by atoms with E-state index in [-0.39, 0.29) is 11.9 Å². The molecule has 0 aliphatic carbocycles. The molecule has 2 aromatic carbocycles. The van der Waals surface area contributed by atoms with E-state index >= 15 is 0 Å². The van der Waals surface area contributed by atoms with Gasteiger partial charge in [-0.15, -0.1) is 0 Å². The zero-order chi connectivity index (χ0) is 14.5. The molecule has 20 heavy (non-hydrogen) atoms. The number of aryl methyl sites for hydroxylation is 1. The lowest BCUT2D eigenvalue weighted by molar-refractivity contribution is 0.340. The third-order valence-electron chi connectivity index (χ3n) is 3.24. The van der Waals surface area contributed by atoms with E-state index in [1.54, 1.807) is 6.07 Å². The molecule has 0 heterocycles. The number of halogens is 1. The van der Waals surface area contributed by atoms with Gasteiger partial charge >= 0.3 is 0 Å². The Morgan fingerprint density at radius 1 is 1.20 bits per heavy atom. The lowest BCUT2D eigenvalue weighted by Gasteiger charge is -2.19. The van der Waals surface area contributed by atoms with Crippen LogP contribution in [0.15, 0.2) is 42.5 Å². The summed E-state index contributed by atoms with van der Waals surface area (Å²) in [6.45, 7) is 4.50. The van der Waals surface area contributed by atoms with Gasteiger partial charge in [-0.25, -0.2) is 9.82 Å². The molecule has 4 heteroatoms. The van der Waals surface area contributed by atoms with E-state index in [4.69, 9.17) is 10.6 Å². The molecule has 0 bridgehead atoms. The molecule has 3 N–H and O–H groups in total. The van der Waals surface area contributed by atoms with Gasteiger partial charge in [0.05, 0.1) is 12.6 Å². The first kappa shape index (κ1) is 14.5. The second-order valence-electron chi connectivity index (χ2n) is 4.60. The van der Waals surface area contributed by atoms with Gasteiger partial charge in [0, 0.05) is 0 Å². The van der Waals surface area contributed by atoms with Crippen LogP contribution < -0.4 is 16.0 Å². The summed E-state index contributed by atoms with van der Waals surface area (Å²) in [6, 6.07) is 12.1. The van der Waals surface area contributed by atoms with Crippen molar-refractivity contribution in [2.45, 2.75) is 19.9 Å². The first-order valence-corrected chi connectivity index (χ1v) is 6.60. The quantitative estimate of drug-likeness (QED) is 0.650. The number of rotatable bonds is 5. The van der Waals surface area contributed by atoms with E-state index < -0.39 is 0 Å². The van der Waals surface area contributed by atoms with Crippen LogP contribution in [0.4, 0.5) is 4.39 Å². The highest BCUT2D eigenvalue weighted by Gasteiger charge is 2.15. The van der Waals surface area contributed by atoms with Crippen molar-refractivity contribution < 1.29 is 9.13 Å². The van der Waals surface area contributed by atoms with Gasteiger partial charge in [-0.3, -0.25) is 5.84 Å². The minimum absolute atomic E-state index is 0.249. The maximum Gasteiger partial charge on any atom is 0.123 e. The van der Waals surface area contributed by atoms with Gasteiger partial charge in [0.25, 0.3) is 0 Å². The molecule has 0 fully saturated rings. The van der Waals surface area contributed by atoms with Crippen molar-refractivity contribution in [3.8, 4) is 5.75 Å². The Morgan fingerprint density at radius 2 is 1.90 bits per heavy atom. The zero-order valence-corrected chi connectivity index (χ0v) is 11.7. The molecular formula is C16H19FN2O. The normalized spacial score (nSPS) is 12.2. The summed E-state index contributed by atoms with van der Waals surface area (Å²) >= 11 is 0. The molecule has 0 aliphatic rings. The Hall–Kier alpha value is -1.91. The van der Waals surface area contributed by atoms with Crippen LogP contribution in [0.5, 0.6) is 5.75 Å². The lowest BCUT2D eigenvalue weighted by Crippen LogP contribution is -2.29. The van der Waals surface area contributed by atoms with E-state index in [1.807, 2.05) is 38.1 Å². The van der Waals surface area contributed by atoms with Crippen molar-refractivity contribution in [1.82, 2.24) is 5.43 Å². The van der Waals surface area contributed by atoms with Crippen LogP contribution in [0.25, 0.3) is 0 Å². The maximum absolute atomic E-state index is 13.4. The molecule has 0 aromatic heterocycles. The second kappa shape index (κ2) is 6.50. The molecule has 0 saturated carbocycles. The number of hydrazine groups is 1. The highest BCUT2D eigenvalue weighted by atomic mass is 19.1. The summed E-state index contributed by atoms with van der Waals surface area (Å²) in [4.78, 5) is 0. The van der Waals surface area contributed by atoms with Gasteiger partial charge in [-0.05, 0) is 54.8 Å². The van der Waals surface area contributed by atoms with Gasteiger partial charge in [0.2, 0.25) is 0 Å². The molecule has 1 atom stereocenters. The third-order valence-corrected chi connectivity index (χ3v) is 3.24. The monoisotopic (exact) mass is 274 g/mol. The first-order valence-electron chi connectivity index (χ1n) is 6.60. The molecule has 1 unspecified atom stereocenters. The van der Waals surface area contributed by atoms with E-state index in [0.29, 0.717) is 6.61 Å². The minimum Gasteiger partial charge on any atom is -0.494 e. The van der Waals surface area contributed by atoms with Gasteiger partial charge in [0.15, 0.2) is 0 Å². The topological polar surface area (TPSA) is 47.3 Å². The predicted octanol–water partition coefficient (Wildman–Crippen LogP) is 3.09. The highest BCUT2D eigenvalue weighted by Crippen LogP contribution is 2.26. The van der Waals surface area contributed by atoms with Crippen LogP contribution in [0.3, 0.4) is 0 Å². The standard InChI is InChI=1S/C16H19FN2O/c1-3-20-14-8-5-12(6-9-14)16(19-18)15-10-13(17)7-4-11(15)2/h4-10,16,19H,3,18H2,1-2H3. The predicted molar refractivity (Wildman–Crippen MR) is 77.9 cm³/mol. The molecule has 0 aliphatic heterocycles. The molecule has 106 valence electrons. The Kier molecular flexibility index (Phi) is 4.71. The van der Waals surface area contributed by atoms with Gasteiger partial charge < -0.3 is 4.74 Å². The Bertz CT molecular complexity index is 569. The number of nitrogens with one attached hydrogen (secondary N) is 1. The SMILES string of the molecule is CCOc1ccc(C(NN)c2cc(F)ccc2C)cc1. The fraction of sp³-hybridized carbons (Fsp3) is 0.250. The van der Waals surface area contributed by atoms with Gasteiger partial charge in [-0.2, -0.15) is 0 Å². The maximum atomic E-state index is 13.4. The summed E-state index contributed by atoms with van der Waals surface area (Å²) in [5.74, 6) is 6.19. The lowest BCUT2D eigenvalue weighted by atomic mass is 9.95. The van der Waals surface area contributed by atoms with E-state index in [2.05, 4.69) is 5.43 Å². The molecule has 0 amide bonds. The second-order valence-corrected chi connectivity index (χ2v) is 4.60. The minimum atomic E-state index is -0.267. The van der Waals surface area contributed by atoms with E-state index in [1.165, 1.54) is 12.1 Å². The van der Waals surface area contributed by atoms with Gasteiger partial charge in [0.1, 0.15) is 11.6 Å². The number of ether oxygens (including phenoxy) is 1. The number of benzene rings is 2. The number of nitrogens with two attached hydrogens (primary N) is 1. The average Bonchev–Trinajstić information content (AvgIpc) is 2.45. The molecule has 0 radical (unpaired) electrons. The van der Waals surface area contributed by atoms with Crippen LogP contribution in [-0.2, 0) is 0 Å². The fourth-order valence-electron chi connectivity index (χ4n) is 2.21. The summed E-state index contributed by atoms with van der Waals surface area (Å²) in [5, 5.41) is 0. The van der Waals surface area contributed by atoms with E-state index in [0.717, 1.165) is 22.4 Å². The summed E-state index contributed by atoms with van der Waals surface area (Å²) in [5.41, 5.74) is 5.53. The van der Waals surface area contributed by atoms with Crippen LogP contribution in [0, 0.1) is 12.7 Å². The van der Waals surface area contributed by atoms with Crippen LogP contribution in [-0.4, -0.2) is 6.61 Å². The Balaban J connectivity index is 2.34. The largest absolute Gasteiger partial charge is 0.494 e. The van der Waals surface area contributed by atoms with E-state index in [9.17, 15) is 4.39 Å². The van der Waals surface area contributed by atoms with Crippen LogP contribution in [0.1, 0.15) is 29.7 Å². The molecule has 2 aromatic rings. The van der Waals surface area contributed by atoms with Crippen molar-refractivity contribution in [2.75, 3.05) is 6.61 Å². The third kappa shape index (κ3) is 3.15. The zero-order valence-electron chi connectivity index (χ0n) is 11.7. The smallest absolute Gasteiger partial charge is 0.123 e. The highest BCUT2D eigenvalue weighted by molar-refractivity contribution is 5.39. The van der Waals surface area contributed by atoms with Crippen molar-refractivity contribution in [3.63, 3.8) is 0 Å². The van der Waals surface area contributed by atoms with Crippen LogP contribution >= 0.6 is 0 Å². The fourth-order valence-corrected chi connectivity index (χ4v) is 2.21. The van der Waals surface area contributed by atoms with Crippen molar-refractivity contribution in [2.24, 2.45) is 5.84 Å². The number of hydrogen-bond acceptors (Lipinski definition) is 3. The Labute approximate surface area is 118 Å². The number of hydrogen-bond donors (Lipinski definition) is 2. The summed E-state index contributed by atoms with van der Waals surface area (Å²) < 4.78 is 18.8. The summed E-state index contributed by atoms with van der Waals surface area (Å²) in [7, 11) is 0. The first-order chi connectivity index (χ1) is 9.65. The molecule has 3 nitrogen and oxygen atoms in total. The average molecular weight is 274 g/mol. The molecule has 0 spiro atoms. The molecule has 0 saturated heterocycles. The van der Waals surface area contributed by atoms with Crippen molar-refractivity contribution >= 4 is 0 Å². The Morgan fingerprint density at radius 3 is 2.50 bits per heavy atom. The summed E-state index contributed by atoms with van der Waals surface area (Å²) in [6.07, 6.45) is 0. The van der Waals surface area contributed by atoms with Crippen molar-refractivity contribution in [1.29, 1.82) is 0 Å². The molecular weight excluding hydrogens is 255 g/mol. The van der Waals surface area contributed by atoms with Crippen molar-refractivity contribution in [3.05, 3.63) is 65.0 Å². The molecule has 2 rings (SSSR count). The van der Waals surface area contributed by atoms with Gasteiger partial charge in [-0.1, -0.05) is 18.2 Å². The van der Waals surface area contributed by atoms with Crippen LogP contribution in [0.2, 0.25) is 0 Å².